The lowest BCUT2D eigenvalue weighted by molar-refractivity contribution is -0.157. The van der Waals surface area contributed by atoms with Crippen LogP contribution in [-0.2, 0) is 19.1 Å². The number of nitrogens with zero attached hydrogens (tertiary/aromatic N) is 1. The summed E-state index contributed by atoms with van der Waals surface area (Å²) >= 11 is 0. The second-order valence-corrected chi connectivity index (χ2v) is 9.17. The minimum atomic E-state index is -0.957. The normalized spacial score (nSPS) is 30.8. The smallest absolute Gasteiger partial charge is 0.327 e. The van der Waals surface area contributed by atoms with E-state index in [0.29, 0.717) is 12.8 Å². The largest absolute Gasteiger partial charge is 0.451 e. The van der Waals surface area contributed by atoms with Crippen LogP contribution in [0.4, 0.5) is 4.79 Å². The van der Waals surface area contributed by atoms with Gasteiger partial charge in [0.05, 0.1) is 0 Å². The van der Waals surface area contributed by atoms with Crippen LogP contribution in [0, 0.1) is 11.3 Å². The van der Waals surface area contributed by atoms with Crippen LogP contribution in [-0.4, -0.2) is 52.9 Å². The zero-order chi connectivity index (χ0) is 20.0. The molecule has 3 aliphatic rings. The molecule has 0 aromatic rings. The maximum Gasteiger partial charge on any atom is 0.327 e. The molecule has 1 spiro atoms. The van der Waals surface area contributed by atoms with Gasteiger partial charge < -0.3 is 15.4 Å². The Morgan fingerprint density at radius 3 is 2.56 bits per heavy atom. The molecule has 1 aliphatic heterocycles. The van der Waals surface area contributed by atoms with Gasteiger partial charge in [0.2, 0.25) is 0 Å². The summed E-state index contributed by atoms with van der Waals surface area (Å²) in [4.78, 5) is 50.4. The minimum Gasteiger partial charge on any atom is -0.451 e. The van der Waals surface area contributed by atoms with Gasteiger partial charge >= 0.3 is 12.0 Å². The molecule has 0 aromatic carbocycles. The van der Waals surface area contributed by atoms with Gasteiger partial charge in [-0.2, -0.15) is 0 Å². The topological polar surface area (TPSA) is 105 Å². The number of esters is 1. The Morgan fingerprint density at radius 2 is 1.96 bits per heavy atom. The van der Waals surface area contributed by atoms with E-state index in [4.69, 9.17) is 4.74 Å². The minimum absolute atomic E-state index is 0.0768. The van der Waals surface area contributed by atoms with Crippen LogP contribution >= 0.6 is 0 Å². The van der Waals surface area contributed by atoms with Crippen molar-refractivity contribution in [1.82, 2.24) is 15.5 Å². The molecule has 3 atom stereocenters. The Balaban J connectivity index is 1.61. The zero-order valence-corrected chi connectivity index (χ0v) is 16.5. The summed E-state index contributed by atoms with van der Waals surface area (Å²) in [5.74, 6) is -1.21. The average Bonchev–Trinajstić information content (AvgIpc) is 3.29. The van der Waals surface area contributed by atoms with Gasteiger partial charge in [0.15, 0.2) is 6.10 Å². The van der Waals surface area contributed by atoms with Gasteiger partial charge in [-0.3, -0.25) is 19.3 Å². The standard InChI is InChI=1S/C19H29N3O5/c1-11-7-18(3,4)10-19(8-11)16(25)22(17(26)21-19)9-14(23)27-12(2)15(24)20-13-5-6-13/h11-13H,5-10H2,1-4H3,(H,20,24)(H,21,26)/t11-,12+,19+/m1/s1. The van der Waals surface area contributed by atoms with E-state index in [9.17, 15) is 19.2 Å². The first-order chi connectivity index (χ1) is 12.5. The molecule has 0 aromatic heterocycles. The highest BCUT2D eigenvalue weighted by Gasteiger charge is 2.56. The molecule has 3 rings (SSSR count). The third kappa shape index (κ3) is 4.25. The van der Waals surface area contributed by atoms with Gasteiger partial charge in [-0.25, -0.2) is 4.79 Å². The van der Waals surface area contributed by atoms with Crippen molar-refractivity contribution in [2.24, 2.45) is 11.3 Å². The number of ether oxygens (including phenoxy) is 1. The van der Waals surface area contributed by atoms with Gasteiger partial charge in [0, 0.05) is 6.04 Å². The SMILES string of the molecule is C[C@@H]1CC(C)(C)C[C@]2(C1)NC(=O)N(CC(=O)O[C@@H](C)C(=O)NC1CC1)C2=O. The first kappa shape index (κ1) is 19.6. The number of rotatable bonds is 5. The zero-order valence-electron chi connectivity index (χ0n) is 16.5. The summed E-state index contributed by atoms with van der Waals surface area (Å²) < 4.78 is 5.11. The maximum atomic E-state index is 13.0. The lowest BCUT2D eigenvalue weighted by Gasteiger charge is -2.43. The number of imide groups is 1. The van der Waals surface area contributed by atoms with Crippen molar-refractivity contribution < 1.29 is 23.9 Å². The molecule has 2 saturated carbocycles. The highest BCUT2D eigenvalue weighted by atomic mass is 16.5. The molecule has 8 nitrogen and oxygen atoms in total. The van der Waals surface area contributed by atoms with Crippen molar-refractivity contribution in [2.75, 3.05) is 6.54 Å². The van der Waals surface area contributed by atoms with Crippen LogP contribution in [0.5, 0.6) is 0 Å². The van der Waals surface area contributed by atoms with E-state index < -0.39 is 30.2 Å². The monoisotopic (exact) mass is 379 g/mol. The van der Waals surface area contributed by atoms with E-state index in [2.05, 4.69) is 31.4 Å². The van der Waals surface area contributed by atoms with Crippen LogP contribution in [0.1, 0.15) is 59.8 Å². The molecule has 1 saturated heterocycles. The average molecular weight is 379 g/mol. The number of carbonyl (C=O) groups excluding carboxylic acids is 4. The van der Waals surface area contributed by atoms with E-state index in [1.54, 1.807) is 0 Å². The molecule has 4 amide bonds. The molecule has 0 unspecified atom stereocenters. The number of carbonyl (C=O) groups is 4. The van der Waals surface area contributed by atoms with E-state index in [0.717, 1.165) is 24.2 Å². The van der Waals surface area contributed by atoms with Crippen molar-refractivity contribution in [3.05, 3.63) is 0 Å². The number of hydrogen-bond acceptors (Lipinski definition) is 5. The molecule has 2 N–H and O–H groups in total. The third-order valence-electron chi connectivity index (χ3n) is 5.51. The highest BCUT2D eigenvalue weighted by Crippen LogP contribution is 2.46. The van der Waals surface area contributed by atoms with Crippen LogP contribution in [0.2, 0.25) is 0 Å². The van der Waals surface area contributed by atoms with E-state index in [1.165, 1.54) is 6.92 Å². The molecule has 0 bridgehead atoms. The van der Waals surface area contributed by atoms with Crippen molar-refractivity contribution in [3.8, 4) is 0 Å². The fourth-order valence-electron chi connectivity index (χ4n) is 4.61. The summed E-state index contributed by atoms with van der Waals surface area (Å²) in [5.41, 5.74) is -1.03. The van der Waals surface area contributed by atoms with E-state index in [1.807, 2.05) is 0 Å². The molecular formula is C19H29N3O5. The van der Waals surface area contributed by atoms with Crippen molar-refractivity contribution >= 4 is 23.8 Å². The number of hydrogen-bond donors (Lipinski definition) is 2. The Bertz CT molecular complexity index is 672. The Hall–Kier alpha value is -2.12. The number of amides is 4. The van der Waals surface area contributed by atoms with Crippen LogP contribution in [0.15, 0.2) is 0 Å². The number of nitrogens with one attached hydrogen (secondary N) is 2. The maximum absolute atomic E-state index is 13.0. The van der Waals surface area contributed by atoms with Gasteiger partial charge in [0.25, 0.3) is 11.8 Å². The molecule has 8 heteroatoms. The Morgan fingerprint density at radius 1 is 1.30 bits per heavy atom. The molecular weight excluding hydrogens is 350 g/mol. The fraction of sp³-hybridized carbons (Fsp3) is 0.789. The van der Waals surface area contributed by atoms with Crippen LogP contribution in [0.25, 0.3) is 0 Å². The first-order valence-corrected chi connectivity index (χ1v) is 9.65. The van der Waals surface area contributed by atoms with Crippen molar-refractivity contribution in [2.45, 2.75) is 77.5 Å². The fourth-order valence-corrected chi connectivity index (χ4v) is 4.61. The van der Waals surface area contributed by atoms with Crippen LogP contribution in [0.3, 0.4) is 0 Å². The summed E-state index contributed by atoms with van der Waals surface area (Å²) in [6.45, 7) is 7.23. The predicted octanol–water partition coefficient (Wildman–Crippen LogP) is 1.33. The van der Waals surface area contributed by atoms with Crippen molar-refractivity contribution in [3.63, 3.8) is 0 Å². The lowest BCUT2D eigenvalue weighted by Crippen LogP contribution is -2.54. The molecule has 1 heterocycles. The van der Waals surface area contributed by atoms with Crippen LogP contribution < -0.4 is 10.6 Å². The number of urea groups is 1. The second kappa shape index (κ2) is 6.80. The summed E-state index contributed by atoms with van der Waals surface area (Å²) in [6.07, 6.45) is 3.00. The van der Waals surface area contributed by atoms with E-state index in [-0.39, 0.29) is 29.2 Å². The van der Waals surface area contributed by atoms with Gasteiger partial charge in [-0.15, -0.1) is 0 Å². The third-order valence-corrected chi connectivity index (χ3v) is 5.51. The predicted molar refractivity (Wildman–Crippen MR) is 96.5 cm³/mol. The highest BCUT2D eigenvalue weighted by molar-refractivity contribution is 6.08. The quantitative estimate of drug-likeness (QED) is 0.554. The van der Waals surface area contributed by atoms with Crippen molar-refractivity contribution in [1.29, 1.82) is 0 Å². The molecule has 3 fully saturated rings. The first-order valence-electron chi connectivity index (χ1n) is 9.65. The molecule has 150 valence electrons. The van der Waals surface area contributed by atoms with Gasteiger partial charge in [-0.1, -0.05) is 20.8 Å². The van der Waals surface area contributed by atoms with Gasteiger partial charge in [0.1, 0.15) is 12.1 Å². The lowest BCUT2D eigenvalue weighted by atomic mass is 9.64. The molecule has 27 heavy (non-hydrogen) atoms. The summed E-state index contributed by atoms with van der Waals surface area (Å²) in [7, 11) is 0. The summed E-state index contributed by atoms with van der Waals surface area (Å²) in [6, 6.07) is -0.405. The summed E-state index contributed by atoms with van der Waals surface area (Å²) in [5, 5.41) is 5.58. The second-order valence-electron chi connectivity index (χ2n) is 9.17. The Kier molecular flexibility index (Phi) is 4.94. The van der Waals surface area contributed by atoms with Gasteiger partial charge in [-0.05, 0) is 50.4 Å². The van der Waals surface area contributed by atoms with E-state index >= 15 is 0 Å². The molecule has 2 aliphatic carbocycles. The Labute approximate surface area is 159 Å². The molecule has 0 radical (unpaired) electrons.